The molecular formula is C13H15ClN2. The van der Waals surface area contributed by atoms with Crippen LogP contribution in [0.3, 0.4) is 0 Å². The molecular weight excluding hydrogens is 220 g/mol. The van der Waals surface area contributed by atoms with Gasteiger partial charge in [-0.3, -0.25) is 0 Å². The van der Waals surface area contributed by atoms with Gasteiger partial charge in [0.2, 0.25) is 5.28 Å². The van der Waals surface area contributed by atoms with E-state index in [4.69, 9.17) is 11.6 Å². The van der Waals surface area contributed by atoms with E-state index in [0.29, 0.717) is 11.3 Å². The van der Waals surface area contributed by atoms with Crippen molar-refractivity contribution in [3.05, 3.63) is 41.3 Å². The van der Waals surface area contributed by atoms with E-state index >= 15 is 0 Å². The van der Waals surface area contributed by atoms with E-state index in [-0.39, 0.29) is 0 Å². The molecule has 0 N–H and O–H groups in total. The van der Waals surface area contributed by atoms with Crippen molar-refractivity contribution >= 4 is 11.6 Å². The molecule has 1 heterocycles. The third kappa shape index (κ3) is 1.85. The molecule has 0 aliphatic carbocycles. The first-order chi connectivity index (χ1) is 7.61. The van der Waals surface area contributed by atoms with Crippen LogP contribution in [0.5, 0.6) is 0 Å². The quantitative estimate of drug-likeness (QED) is 0.765. The number of hydrogen-bond acceptors (Lipinski definition) is 1. The van der Waals surface area contributed by atoms with Crippen molar-refractivity contribution in [3.63, 3.8) is 0 Å². The summed E-state index contributed by atoms with van der Waals surface area (Å²) in [5.74, 6) is 0. The number of rotatable bonds is 2. The topological polar surface area (TPSA) is 17.8 Å². The zero-order chi connectivity index (χ0) is 11.7. The lowest BCUT2D eigenvalue weighted by Crippen LogP contribution is -2.03. The van der Waals surface area contributed by atoms with E-state index in [2.05, 4.69) is 37.9 Å². The van der Waals surface area contributed by atoms with Gasteiger partial charge in [0.15, 0.2) is 0 Å². The number of halogens is 1. The second kappa shape index (κ2) is 4.30. The maximum atomic E-state index is 6.09. The lowest BCUT2D eigenvalue weighted by molar-refractivity contribution is 0.606. The first-order valence-corrected chi connectivity index (χ1v) is 5.77. The highest BCUT2D eigenvalue weighted by Crippen LogP contribution is 2.28. The van der Waals surface area contributed by atoms with E-state index in [1.807, 2.05) is 22.9 Å². The molecule has 2 aromatic rings. The summed E-state index contributed by atoms with van der Waals surface area (Å²) in [7, 11) is 0. The minimum atomic E-state index is 0.310. The zero-order valence-corrected chi connectivity index (χ0v) is 10.5. The van der Waals surface area contributed by atoms with Crippen LogP contribution in [0.25, 0.3) is 11.3 Å². The highest BCUT2D eigenvalue weighted by molar-refractivity contribution is 6.28. The van der Waals surface area contributed by atoms with Gasteiger partial charge in [-0.1, -0.05) is 24.3 Å². The summed E-state index contributed by atoms with van der Waals surface area (Å²) in [5.41, 5.74) is 3.51. The zero-order valence-electron chi connectivity index (χ0n) is 9.74. The largest absolute Gasteiger partial charge is 0.312 e. The Morgan fingerprint density at radius 1 is 1.25 bits per heavy atom. The Labute approximate surface area is 101 Å². The molecule has 0 aliphatic heterocycles. The Balaban J connectivity index is 2.61. The smallest absolute Gasteiger partial charge is 0.203 e. The first kappa shape index (κ1) is 11.2. The summed E-state index contributed by atoms with van der Waals surface area (Å²) in [4.78, 5) is 4.18. The van der Waals surface area contributed by atoms with Gasteiger partial charge in [0.05, 0.1) is 11.9 Å². The molecule has 0 aliphatic rings. The van der Waals surface area contributed by atoms with Crippen molar-refractivity contribution in [2.45, 2.75) is 26.8 Å². The average molecular weight is 235 g/mol. The van der Waals surface area contributed by atoms with Gasteiger partial charge >= 0.3 is 0 Å². The number of aryl methyl sites for hydroxylation is 1. The van der Waals surface area contributed by atoms with Gasteiger partial charge in [0, 0.05) is 11.6 Å². The summed E-state index contributed by atoms with van der Waals surface area (Å²) in [6.07, 6.45) is 1.84. The van der Waals surface area contributed by atoms with E-state index in [0.717, 1.165) is 5.69 Å². The molecule has 2 rings (SSSR count). The maximum Gasteiger partial charge on any atom is 0.203 e. The molecule has 2 nitrogen and oxygen atoms in total. The number of nitrogens with zero attached hydrogens (tertiary/aromatic N) is 2. The van der Waals surface area contributed by atoms with Crippen molar-refractivity contribution in [3.8, 4) is 11.3 Å². The second-order valence-electron chi connectivity index (χ2n) is 4.19. The minimum absolute atomic E-state index is 0.310. The lowest BCUT2D eigenvalue weighted by Gasteiger charge is -2.14. The van der Waals surface area contributed by atoms with Crippen LogP contribution in [-0.4, -0.2) is 9.55 Å². The van der Waals surface area contributed by atoms with Gasteiger partial charge in [-0.05, 0) is 37.9 Å². The molecule has 0 saturated heterocycles. The van der Waals surface area contributed by atoms with Crippen LogP contribution in [0.1, 0.15) is 25.5 Å². The lowest BCUT2D eigenvalue weighted by atomic mass is 10.1. The van der Waals surface area contributed by atoms with Crippen LogP contribution in [-0.2, 0) is 0 Å². The first-order valence-electron chi connectivity index (χ1n) is 5.40. The Morgan fingerprint density at radius 3 is 2.56 bits per heavy atom. The summed E-state index contributed by atoms with van der Waals surface area (Å²) in [6.45, 7) is 6.31. The van der Waals surface area contributed by atoms with Gasteiger partial charge in [0.25, 0.3) is 0 Å². The number of aromatic nitrogens is 2. The fourth-order valence-corrected chi connectivity index (χ4v) is 2.22. The van der Waals surface area contributed by atoms with Crippen molar-refractivity contribution in [2.24, 2.45) is 0 Å². The molecule has 0 fully saturated rings. The summed E-state index contributed by atoms with van der Waals surface area (Å²) in [5, 5.41) is 0.549. The number of hydrogen-bond donors (Lipinski definition) is 0. The molecule has 1 aromatic heterocycles. The molecule has 0 saturated carbocycles. The van der Waals surface area contributed by atoms with Crippen LogP contribution in [0.15, 0.2) is 30.5 Å². The fourth-order valence-electron chi connectivity index (χ4n) is 1.89. The van der Waals surface area contributed by atoms with Gasteiger partial charge in [-0.15, -0.1) is 0 Å². The third-order valence-corrected chi connectivity index (χ3v) is 2.97. The van der Waals surface area contributed by atoms with E-state index in [1.165, 1.54) is 11.1 Å². The van der Waals surface area contributed by atoms with Crippen molar-refractivity contribution in [2.75, 3.05) is 0 Å². The van der Waals surface area contributed by atoms with Gasteiger partial charge in [-0.2, -0.15) is 0 Å². The number of imidazole rings is 1. The molecule has 0 amide bonds. The summed E-state index contributed by atoms with van der Waals surface area (Å²) < 4.78 is 2.05. The van der Waals surface area contributed by atoms with Crippen LogP contribution in [0, 0.1) is 6.92 Å². The standard InChI is InChI=1S/C13H15ClN2/c1-9(2)16-12(8-15-13(16)14)11-7-5-4-6-10(11)3/h4-9H,1-3H3. The molecule has 84 valence electrons. The van der Waals surface area contributed by atoms with Crippen molar-refractivity contribution in [1.29, 1.82) is 0 Å². The van der Waals surface area contributed by atoms with E-state index < -0.39 is 0 Å². The Bertz CT molecular complexity index is 500. The van der Waals surface area contributed by atoms with Gasteiger partial charge < -0.3 is 4.57 Å². The Hall–Kier alpha value is -1.28. The Morgan fingerprint density at radius 2 is 1.94 bits per heavy atom. The van der Waals surface area contributed by atoms with E-state index in [1.54, 1.807) is 0 Å². The molecule has 0 atom stereocenters. The molecule has 1 aromatic carbocycles. The van der Waals surface area contributed by atoms with Crippen molar-refractivity contribution in [1.82, 2.24) is 9.55 Å². The number of benzene rings is 1. The fraction of sp³-hybridized carbons (Fsp3) is 0.308. The highest BCUT2D eigenvalue weighted by Gasteiger charge is 2.13. The maximum absolute atomic E-state index is 6.09. The summed E-state index contributed by atoms with van der Waals surface area (Å²) in [6, 6.07) is 8.58. The molecule has 0 radical (unpaired) electrons. The third-order valence-electron chi connectivity index (χ3n) is 2.69. The Kier molecular flexibility index (Phi) is 3.01. The summed E-state index contributed by atoms with van der Waals surface area (Å²) >= 11 is 6.09. The second-order valence-corrected chi connectivity index (χ2v) is 4.53. The van der Waals surface area contributed by atoms with Gasteiger partial charge in [0.1, 0.15) is 0 Å². The highest BCUT2D eigenvalue weighted by atomic mass is 35.5. The van der Waals surface area contributed by atoms with Crippen LogP contribution >= 0.6 is 11.6 Å². The van der Waals surface area contributed by atoms with Crippen LogP contribution in [0.2, 0.25) is 5.28 Å². The molecule has 0 spiro atoms. The van der Waals surface area contributed by atoms with E-state index in [9.17, 15) is 0 Å². The SMILES string of the molecule is Cc1ccccc1-c1cnc(Cl)n1C(C)C. The van der Waals surface area contributed by atoms with Crippen LogP contribution < -0.4 is 0 Å². The molecule has 3 heteroatoms. The van der Waals surface area contributed by atoms with Crippen LogP contribution in [0.4, 0.5) is 0 Å². The van der Waals surface area contributed by atoms with Crippen molar-refractivity contribution < 1.29 is 0 Å². The van der Waals surface area contributed by atoms with Gasteiger partial charge in [-0.25, -0.2) is 4.98 Å². The molecule has 0 unspecified atom stereocenters. The predicted molar refractivity (Wildman–Crippen MR) is 67.8 cm³/mol. The predicted octanol–water partition coefficient (Wildman–Crippen LogP) is 4.09. The normalized spacial score (nSPS) is 11.1. The average Bonchev–Trinajstić information content (AvgIpc) is 2.61. The molecule has 0 bridgehead atoms. The monoisotopic (exact) mass is 234 g/mol. The minimum Gasteiger partial charge on any atom is -0.312 e. The molecule has 16 heavy (non-hydrogen) atoms.